The van der Waals surface area contributed by atoms with Crippen molar-refractivity contribution in [3.63, 3.8) is 0 Å². The van der Waals surface area contributed by atoms with Gasteiger partial charge in [-0.3, -0.25) is 4.79 Å². The minimum Gasteiger partial charge on any atom is -0.444 e. The zero-order valence-electron chi connectivity index (χ0n) is 16.0. The SMILES string of the molecule is CC(C)(C)C(=O)Nc1cc(C#N)ccc1COC(=O)N1C[C@@H]2CNC[C@H]2C1. The number of hydrogen-bond donors (Lipinski definition) is 2. The molecule has 7 nitrogen and oxygen atoms in total. The van der Waals surface area contributed by atoms with Gasteiger partial charge in [-0.1, -0.05) is 26.8 Å². The van der Waals surface area contributed by atoms with E-state index in [1.165, 1.54) is 0 Å². The molecule has 0 spiro atoms. The molecule has 7 heteroatoms. The standard InChI is InChI=1S/C20H26N4O3/c1-20(2,3)18(25)23-17-6-13(7-21)4-5-14(17)12-27-19(26)24-10-15-8-22-9-16(15)11-24/h4-6,15-16,22H,8-12H2,1-3H3,(H,23,25)/t15-,16-/m0/s1. The Morgan fingerprint density at radius 3 is 2.56 bits per heavy atom. The third-order valence-corrected chi connectivity index (χ3v) is 5.17. The summed E-state index contributed by atoms with van der Waals surface area (Å²) < 4.78 is 5.49. The van der Waals surface area contributed by atoms with Crippen LogP contribution in [0.2, 0.25) is 0 Å². The molecule has 0 bridgehead atoms. The highest BCUT2D eigenvalue weighted by Crippen LogP contribution is 2.27. The molecule has 2 aliphatic heterocycles. The number of nitrogens with one attached hydrogen (secondary N) is 2. The van der Waals surface area contributed by atoms with Gasteiger partial charge in [0.1, 0.15) is 6.61 Å². The largest absolute Gasteiger partial charge is 0.444 e. The van der Waals surface area contributed by atoms with E-state index < -0.39 is 5.41 Å². The minimum absolute atomic E-state index is 0.0500. The van der Waals surface area contributed by atoms with Gasteiger partial charge in [0, 0.05) is 42.8 Å². The number of carbonyl (C=O) groups is 2. The third-order valence-electron chi connectivity index (χ3n) is 5.17. The molecule has 2 aliphatic rings. The molecule has 2 heterocycles. The number of fused-ring (bicyclic) bond motifs is 1. The van der Waals surface area contributed by atoms with Crippen LogP contribution in [-0.2, 0) is 16.1 Å². The van der Waals surface area contributed by atoms with Crippen molar-refractivity contribution in [2.45, 2.75) is 27.4 Å². The first kappa shape index (κ1) is 19.2. The Bertz CT molecular complexity index is 766. The van der Waals surface area contributed by atoms with Gasteiger partial charge in [-0.15, -0.1) is 0 Å². The van der Waals surface area contributed by atoms with Crippen molar-refractivity contribution >= 4 is 17.7 Å². The first-order valence-electron chi connectivity index (χ1n) is 9.25. The van der Waals surface area contributed by atoms with E-state index in [0.717, 1.165) is 26.2 Å². The van der Waals surface area contributed by atoms with Gasteiger partial charge < -0.3 is 20.3 Å². The van der Waals surface area contributed by atoms with Gasteiger partial charge in [0.05, 0.1) is 11.6 Å². The number of carbonyl (C=O) groups excluding carboxylic acids is 2. The molecule has 2 saturated heterocycles. The Balaban J connectivity index is 1.66. The summed E-state index contributed by atoms with van der Waals surface area (Å²) in [6, 6.07) is 7.05. The van der Waals surface area contributed by atoms with E-state index in [1.54, 1.807) is 23.1 Å². The lowest BCUT2D eigenvalue weighted by Gasteiger charge is -2.21. The molecule has 144 valence electrons. The Morgan fingerprint density at radius 1 is 1.30 bits per heavy atom. The van der Waals surface area contributed by atoms with Crippen LogP contribution < -0.4 is 10.6 Å². The van der Waals surface area contributed by atoms with E-state index in [2.05, 4.69) is 16.7 Å². The highest BCUT2D eigenvalue weighted by atomic mass is 16.6. The average Bonchev–Trinajstić information content (AvgIpc) is 3.21. The van der Waals surface area contributed by atoms with Crippen molar-refractivity contribution in [1.82, 2.24) is 10.2 Å². The van der Waals surface area contributed by atoms with Crippen LogP contribution in [0.25, 0.3) is 0 Å². The summed E-state index contributed by atoms with van der Waals surface area (Å²) in [7, 11) is 0. The second-order valence-electron chi connectivity index (χ2n) is 8.33. The van der Waals surface area contributed by atoms with Crippen LogP contribution in [-0.4, -0.2) is 43.1 Å². The zero-order valence-corrected chi connectivity index (χ0v) is 16.0. The molecule has 2 atom stereocenters. The Kier molecular flexibility index (Phi) is 5.38. The van der Waals surface area contributed by atoms with E-state index in [1.807, 2.05) is 20.8 Å². The normalized spacial score (nSPS) is 21.5. The smallest absolute Gasteiger partial charge is 0.410 e. The maximum Gasteiger partial charge on any atom is 0.410 e. The molecule has 2 amide bonds. The van der Waals surface area contributed by atoms with Crippen LogP contribution in [0.5, 0.6) is 0 Å². The minimum atomic E-state index is -0.571. The van der Waals surface area contributed by atoms with Crippen LogP contribution in [0.4, 0.5) is 10.5 Å². The van der Waals surface area contributed by atoms with Crippen LogP contribution in [0.15, 0.2) is 18.2 Å². The first-order chi connectivity index (χ1) is 12.8. The highest BCUT2D eigenvalue weighted by molar-refractivity contribution is 5.95. The lowest BCUT2D eigenvalue weighted by Crippen LogP contribution is -2.32. The fourth-order valence-corrected chi connectivity index (χ4v) is 3.43. The lowest BCUT2D eigenvalue weighted by atomic mass is 9.95. The molecule has 1 aromatic carbocycles. The summed E-state index contributed by atoms with van der Waals surface area (Å²) >= 11 is 0. The van der Waals surface area contributed by atoms with Gasteiger partial charge in [-0.2, -0.15) is 5.26 Å². The number of nitrogens with zero attached hydrogens (tertiary/aromatic N) is 2. The summed E-state index contributed by atoms with van der Waals surface area (Å²) in [4.78, 5) is 26.5. The molecule has 0 unspecified atom stereocenters. The van der Waals surface area contributed by atoms with Crippen molar-refractivity contribution in [2.75, 3.05) is 31.5 Å². The fraction of sp³-hybridized carbons (Fsp3) is 0.550. The molecule has 2 fully saturated rings. The molecule has 2 N–H and O–H groups in total. The Labute approximate surface area is 159 Å². The molecule has 27 heavy (non-hydrogen) atoms. The van der Waals surface area contributed by atoms with Crippen LogP contribution in [0, 0.1) is 28.6 Å². The monoisotopic (exact) mass is 370 g/mol. The molecule has 1 aromatic rings. The maximum atomic E-state index is 12.4. The highest BCUT2D eigenvalue weighted by Gasteiger charge is 2.38. The molecule has 3 rings (SSSR count). The van der Waals surface area contributed by atoms with Gasteiger partial charge in [-0.05, 0) is 24.0 Å². The Hall–Kier alpha value is -2.59. The van der Waals surface area contributed by atoms with Crippen molar-refractivity contribution in [2.24, 2.45) is 17.3 Å². The van der Waals surface area contributed by atoms with Gasteiger partial charge in [0.2, 0.25) is 5.91 Å². The van der Waals surface area contributed by atoms with Gasteiger partial charge in [-0.25, -0.2) is 4.79 Å². The van der Waals surface area contributed by atoms with Crippen molar-refractivity contribution in [3.8, 4) is 6.07 Å². The molecule has 0 radical (unpaired) electrons. The summed E-state index contributed by atoms with van der Waals surface area (Å²) in [5, 5.41) is 15.3. The number of hydrogen-bond acceptors (Lipinski definition) is 5. The van der Waals surface area contributed by atoms with E-state index in [4.69, 9.17) is 10.00 Å². The molecule has 0 aliphatic carbocycles. The molecule has 0 aromatic heterocycles. The van der Waals surface area contributed by atoms with Crippen LogP contribution in [0.3, 0.4) is 0 Å². The molecule has 0 saturated carbocycles. The predicted molar refractivity (Wildman–Crippen MR) is 101 cm³/mol. The second kappa shape index (κ2) is 7.57. The van der Waals surface area contributed by atoms with Gasteiger partial charge in [0.25, 0.3) is 0 Å². The Morgan fingerprint density at radius 2 is 1.96 bits per heavy atom. The molecular formula is C20H26N4O3. The van der Waals surface area contributed by atoms with E-state index >= 15 is 0 Å². The zero-order chi connectivity index (χ0) is 19.6. The van der Waals surface area contributed by atoms with Crippen molar-refractivity contribution < 1.29 is 14.3 Å². The number of ether oxygens (including phenoxy) is 1. The quantitative estimate of drug-likeness (QED) is 0.852. The number of rotatable bonds is 3. The van der Waals surface area contributed by atoms with Crippen molar-refractivity contribution in [3.05, 3.63) is 29.3 Å². The fourth-order valence-electron chi connectivity index (χ4n) is 3.43. The van der Waals surface area contributed by atoms with E-state index in [9.17, 15) is 9.59 Å². The van der Waals surface area contributed by atoms with Crippen LogP contribution in [0.1, 0.15) is 31.9 Å². The second-order valence-corrected chi connectivity index (χ2v) is 8.33. The first-order valence-corrected chi connectivity index (χ1v) is 9.25. The number of likely N-dealkylation sites (tertiary alicyclic amines) is 1. The van der Waals surface area contributed by atoms with Crippen molar-refractivity contribution in [1.29, 1.82) is 5.26 Å². The number of benzene rings is 1. The number of nitriles is 1. The summed E-state index contributed by atoms with van der Waals surface area (Å²) in [5.74, 6) is 0.855. The topological polar surface area (TPSA) is 94.5 Å². The number of amides is 2. The predicted octanol–water partition coefficient (Wildman–Crippen LogP) is 2.33. The summed E-state index contributed by atoms with van der Waals surface area (Å²) in [6.45, 7) is 8.84. The van der Waals surface area contributed by atoms with Gasteiger partial charge in [0.15, 0.2) is 0 Å². The van der Waals surface area contributed by atoms with E-state index in [0.29, 0.717) is 28.7 Å². The maximum absolute atomic E-state index is 12.4. The van der Waals surface area contributed by atoms with Gasteiger partial charge >= 0.3 is 6.09 Å². The number of anilines is 1. The summed E-state index contributed by atoms with van der Waals surface area (Å²) in [6.07, 6.45) is -0.332. The van der Waals surface area contributed by atoms with Crippen LogP contribution >= 0.6 is 0 Å². The molecular weight excluding hydrogens is 344 g/mol. The average molecular weight is 370 g/mol. The third kappa shape index (κ3) is 4.40. The van der Waals surface area contributed by atoms with E-state index in [-0.39, 0.29) is 18.6 Å². The lowest BCUT2D eigenvalue weighted by molar-refractivity contribution is -0.123. The summed E-state index contributed by atoms with van der Waals surface area (Å²) in [5.41, 5.74) is 1.04.